The molecule has 0 aliphatic heterocycles. The van der Waals surface area contributed by atoms with Gasteiger partial charge in [-0.2, -0.15) is 0 Å². The fourth-order valence-corrected chi connectivity index (χ4v) is 3.25. The number of halogens is 2. The maximum absolute atomic E-state index is 12.1. The number of carboxylic acid groups (broad SMARTS) is 1. The molecule has 0 radical (unpaired) electrons. The van der Waals surface area contributed by atoms with Crippen LogP contribution in [0.25, 0.3) is 0 Å². The summed E-state index contributed by atoms with van der Waals surface area (Å²) in [5, 5.41) is 8.65. The van der Waals surface area contributed by atoms with Gasteiger partial charge < -0.3 is 9.84 Å². The first-order valence-electron chi connectivity index (χ1n) is 5.44. The minimum Gasteiger partial charge on any atom is -0.478 e. The predicted molar refractivity (Wildman–Crippen MR) is 75.1 cm³/mol. The number of sulfonamides is 1. The van der Waals surface area contributed by atoms with Gasteiger partial charge >= 0.3 is 5.97 Å². The van der Waals surface area contributed by atoms with E-state index >= 15 is 0 Å². The molecular weight excluding hydrogens is 329 g/mol. The first-order valence-corrected chi connectivity index (χ1v) is 7.67. The Balaban J connectivity index is 3.18. The highest BCUT2D eigenvalue weighted by Gasteiger charge is 2.22. The topological polar surface area (TPSA) is 92.7 Å². The number of hydrogen-bond donors (Lipinski definition) is 2. The molecule has 1 aromatic rings. The number of methoxy groups -OCH3 is 1. The zero-order valence-electron chi connectivity index (χ0n) is 10.7. The lowest BCUT2D eigenvalue weighted by atomic mass is 10.2. The van der Waals surface area contributed by atoms with Crippen LogP contribution in [-0.2, 0) is 14.8 Å². The van der Waals surface area contributed by atoms with Crippen LogP contribution in [0.3, 0.4) is 0 Å². The molecule has 0 saturated carbocycles. The van der Waals surface area contributed by atoms with Gasteiger partial charge in [-0.25, -0.2) is 17.9 Å². The second-order valence-electron chi connectivity index (χ2n) is 3.97. The Bertz CT molecular complexity index is 617. The fraction of sp³-hybridized carbons (Fsp3) is 0.364. The number of carbonyl (C=O) groups is 1. The van der Waals surface area contributed by atoms with E-state index < -0.39 is 16.0 Å². The molecule has 0 bridgehead atoms. The molecule has 0 aromatic heterocycles. The van der Waals surface area contributed by atoms with E-state index in [0.29, 0.717) is 0 Å². The van der Waals surface area contributed by atoms with Crippen LogP contribution in [0, 0.1) is 0 Å². The van der Waals surface area contributed by atoms with Gasteiger partial charge in [0.25, 0.3) is 0 Å². The SMILES string of the molecule is COC(C)CNS(=O)(=O)c1cc(C(=O)O)c(Cl)cc1Cl. The molecule has 6 nitrogen and oxygen atoms in total. The normalized spacial score (nSPS) is 13.2. The van der Waals surface area contributed by atoms with Crippen LogP contribution >= 0.6 is 23.2 Å². The van der Waals surface area contributed by atoms with Crippen LogP contribution in [0.1, 0.15) is 17.3 Å². The van der Waals surface area contributed by atoms with Gasteiger partial charge in [0, 0.05) is 13.7 Å². The standard InChI is InChI=1S/C11H13Cl2NO5S/c1-6(19-2)5-14-20(17,18)10-3-7(11(15)16)8(12)4-9(10)13/h3-4,6,14H,5H2,1-2H3,(H,15,16). The van der Waals surface area contributed by atoms with Crippen molar-refractivity contribution in [1.82, 2.24) is 4.72 Å². The van der Waals surface area contributed by atoms with Gasteiger partial charge in [-0.05, 0) is 19.1 Å². The van der Waals surface area contributed by atoms with Crippen LogP contribution in [-0.4, -0.2) is 39.3 Å². The highest BCUT2D eigenvalue weighted by molar-refractivity contribution is 7.89. The highest BCUT2D eigenvalue weighted by Crippen LogP contribution is 2.28. The monoisotopic (exact) mass is 341 g/mol. The summed E-state index contributed by atoms with van der Waals surface area (Å²) < 4.78 is 31.3. The molecule has 1 unspecified atom stereocenters. The number of hydrogen-bond acceptors (Lipinski definition) is 4. The second-order valence-corrected chi connectivity index (χ2v) is 6.52. The largest absolute Gasteiger partial charge is 0.478 e. The van der Waals surface area contributed by atoms with Crippen LogP contribution in [0.15, 0.2) is 17.0 Å². The minimum absolute atomic E-state index is 0.0280. The predicted octanol–water partition coefficient (Wildman–Crippen LogP) is 2.00. The molecule has 0 heterocycles. The number of benzene rings is 1. The highest BCUT2D eigenvalue weighted by atomic mass is 35.5. The van der Waals surface area contributed by atoms with E-state index in [0.717, 1.165) is 12.1 Å². The van der Waals surface area contributed by atoms with E-state index in [1.54, 1.807) is 6.92 Å². The summed E-state index contributed by atoms with van der Waals surface area (Å²) in [6.45, 7) is 1.70. The lowest BCUT2D eigenvalue weighted by Crippen LogP contribution is -2.32. The molecule has 20 heavy (non-hydrogen) atoms. The Labute approximate surface area is 126 Å². The number of aromatic carboxylic acids is 1. The Morgan fingerprint density at radius 3 is 2.50 bits per heavy atom. The number of rotatable bonds is 6. The average molecular weight is 342 g/mol. The number of carboxylic acids is 1. The van der Waals surface area contributed by atoms with Crippen molar-refractivity contribution in [3.63, 3.8) is 0 Å². The van der Waals surface area contributed by atoms with Crippen LogP contribution < -0.4 is 4.72 Å². The summed E-state index contributed by atoms with van der Waals surface area (Å²) in [4.78, 5) is 10.6. The number of ether oxygens (including phenoxy) is 1. The van der Waals surface area contributed by atoms with E-state index in [4.69, 9.17) is 33.0 Å². The van der Waals surface area contributed by atoms with E-state index in [9.17, 15) is 13.2 Å². The van der Waals surface area contributed by atoms with Crippen molar-refractivity contribution in [2.45, 2.75) is 17.9 Å². The molecule has 0 saturated heterocycles. The van der Waals surface area contributed by atoms with Crippen molar-refractivity contribution in [2.24, 2.45) is 0 Å². The molecule has 0 spiro atoms. The summed E-state index contributed by atoms with van der Waals surface area (Å²) in [7, 11) is -2.51. The van der Waals surface area contributed by atoms with Crippen molar-refractivity contribution in [2.75, 3.05) is 13.7 Å². The first-order chi connectivity index (χ1) is 9.19. The fourth-order valence-electron chi connectivity index (χ4n) is 1.29. The maximum atomic E-state index is 12.1. The summed E-state index contributed by atoms with van der Waals surface area (Å²) in [6, 6.07) is 2.01. The molecule has 0 aliphatic rings. The van der Waals surface area contributed by atoms with Gasteiger partial charge in [-0.15, -0.1) is 0 Å². The van der Waals surface area contributed by atoms with Gasteiger partial charge in [-0.1, -0.05) is 23.2 Å². The Kier molecular flexibility index (Phi) is 5.79. The van der Waals surface area contributed by atoms with Crippen molar-refractivity contribution >= 4 is 39.2 Å². The van der Waals surface area contributed by atoms with Gasteiger partial charge in [0.15, 0.2) is 0 Å². The van der Waals surface area contributed by atoms with Gasteiger partial charge in [0.05, 0.1) is 21.7 Å². The molecule has 9 heteroatoms. The third-order valence-corrected chi connectivity index (χ3v) is 4.71. The molecular formula is C11H13Cl2NO5S. The van der Waals surface area contributed by atoms with Crippen molar-refractivity contribution in [3.05, 3.63) is 27.7 Å². The van der Waals surface area contributed by atoms with Gasteiger partial charge in [-0.3, -0.25) is 0 Å². The third-order valence-electron chi connectivity index (χ3n) is 2.50. The summed E-state index contributed by atoms with van der Waals surface area (Å²) >= 11 is 11.5. The van der Waals surface area contributed by atoms with E-state index in [-0.39, 0.29) is 33.2 Å². The summed E-state index contributed by atoms with van der Waals surface area (Å²) in [6.07, 6.45) is -0.338. The van der Waals surface area contributed by atoms with Gasteiger partial charge in [0.2, 0.25) is 10.0 Å². The quantitative estimate of drug-likeness (QED) is 0.825. The Morgan fingerprint density at radius 1 is 1.40 bits per heavy atom. The lowest BCUT2D eigenvalue weighted by Gasteiger charge is -2.13. The third kappa shape index (κ3) is 4.07. The minimum atomic E-state index is -3.95. The summed E-state index contributed by atoms with van der Waals surface area (Å²) in [5.74, 6) is -1.34. The maximum Gasteiger partial charge on any atom is 0.337 e. The van der Waals surface area contributed by atoms with Crippen LogP contribution in [0.4, 0.5) is 0 Å². The lowest BCUT2D eigenvalue weighted by molar-refractivity contribution is 0.0697. The molecule has 0 fully saturated rings. The molecule has 1 atom stereocenters. The first kappa shape index (κ1) is 17.2. The van der Waals surface area contributed by atoms with Gasteiger partial charge in [0.1, 0.15) is 4.90 Å². The van der Waals surface area contributed by atoms with Crippen molar-refractivity contribution in [3.8, 4) is 0 Å². The smallest absolute Gasteiger partial charge is 0.337 e. The van der Waals surface area contributed by atoms with Crippen molar-refractivity contribution in [1.29, 1.82) is 0 Å². The Hall–Kier alpha value is -0.860. The molecule has 1 rings (SSSR count). The van der Waals surface area contributed by atoms with Crippen LogP contribution in [0.5, 0.6) is 0 Å². The zero-order valence-corrected chi connectivity index (χ0v) is 13.0. The summed E-state index contributed by atoms with van der Waals surface area (Å²) in [5.41, 5.74) is -0.337. The Morgan fingerprint density at radius 2 is 2.00 bits per heavy atom. The molecule has 0 amide bonds. The zero-order chi connectivity index (χ0) is 15.5. The van der Waals surface area contributed by atoms with Crippen LogP contribution in [0.2, 0.25) is 10.0 Å². The second kappa shape index (κ2) is 6.73. The average Bonchev–Trinajstić information content (AvgIpc) is 2.35. The van der Waals surface area contributed by atoms with E-state index in [1.165, 1.54) is 7.11 Å². The van der Waals surface area contributed by atoms with E-state index in [1.807, 2.05) is 0 Å². The molecule has 1 aromatic carbocycles. The molecule has 2 N–H and O–H groups in total. The molecule has 0 aliphatic carbocycles. The number of nitrogens with one attached hydrogen (secondary N) is 1. The van der Waals surface area contributed by atoms with Crippen molar-refractivity contribution < 1.29 is 23.1 Å². The van der Waals surface area contributed by atoms with E-state index in [2.05, 4.69) is 4.72 Å². The molecule has 112 valence electrons.